The second-order valence-electron chi connectivity index (χ2n) is 12.8. The molecule has 2 N–H and O–H groups in total. The molecule has 1 spiro atoms. The summed E-state index contributed by atoms with van der Waals surface area (Å²) in [6.07, 6.45) is 6.44. The Morgan fingerprint density at radius 3 is 2.51 bits per heavy atom. The molecule has 6 nitrogen and oxygen atoms in total. The number of ketones is 1. The lowest BCUT2D eigenvalue weighted by Gasteiger charge is -2.57. The van der Waals surface area contributed by atoms with E-state index in [2.05, 4.69) is 40.5 Å². The van der Waals surface area contributed by atoms with Crippen molar-refractivity contribution in [2.45, 2.75) is 62.5 Å². The van der Waals surface area contributed by atoms with Gasteiger partial charge in [-0.3, -0.25) is 14.5 Å². The number of likely N-dealkylation sites (tertiary alicyclic amines) is 1. The Hall–Kier alpha value is -3.64. The van der Waals surface area contributed by atoms with Crippen LogP contribution < -0.4 is 10.1 Å². The first-order valence-electron chi connectivity index (χ1n) is 15.3. The molecule has 2 heterocycles. The molecule has 1 unspecified atom stereocenters. The monoisotopic (exact) mass is 548 g/mol. The van der Waals surface area contributed by atoms with Crippen molar-refractivity contribution in [1.29, 1.82) is 0 Å². The molecule has 3 aromatic rings. The smallest absolute Gasteiger partial charge is 0.255 e. The minimum Gasteiger partial charge on any atom is -0.508 e. The van der Waals surface area contributed by atoms with E-state index >= 15 is 0 Å². The van der Waals surface area contributed by atoms with Gasteiger partial charge in [0.15, 0.2) is 11.9 Å². The van der Waals surface area contributed by atoms with Crippen molar-refractivity contribution < 1.29 is 19.4 Å². The van der Waals surface area contributed by atoms with Crippen LogP contribution in [0.15, 0.2) is 60.7 Å². The third-order valence-corrected chi connectivity index (χ3v) is 10.5. The molecule has 1 saturated heterocycles. The van der Waals surface area contributed by atoms with Crippen molar-refractivity contribution in [2.24, 2.45) is 11.8 Å². The molecule has 6 heteroatoms. The van der Waals surface area contributed by atoms with Crippen LogP contribution in [-0.4, -0.2) is 53.5 Å². The number of nitrogens with one attached hydrogen (secondary N) is 1. The van der Waals surface area contributed by atoms with E-state index in [0.29, 0.717) is 42.7 Å². The van der Waals surface area contributed by atoms with Crippen molar-refractivity contribution in [3.63, 3.8) is 0 Å². The quantitative estimate of drug-likeness (QED) is 0.432. The van der Waals surface area contributed by atoms with Gasteiger partial charge < -0.3 is 15.2 Å². The molecule has 4 atom stereocenters. The number of phenolic OH excluding ortho intramolecular Hbond substituents is 1. The van der Waals surface area contributed by atoms with Gasteiger partial charge in [-0.15, -0.1) is 0 Å². The van der Waals surface area contributed by atoms with Crippen LogP contribution >= 0.6 is 0 Å². The zero-order chi connectivity index (χ0) is 27.7. The molecular formula is C35H36N2O4. The minimum absolute atomic E-state index is 0.129. The maximum absolute atomic E-state index is 13.5. The molecule has 0 aromatic heterocycles. The third-order valence-electron chi connectivity index (χ3n) is 10.5. The van der Waals surface area contributed by atoms with Crippen molar-refractivity contribution in [3.8, 4) is 22.6 Å². The molecular weight excluding hydrogens is 512 g/mol. The van der Waals surface area contributed by atoms with Gasteiger partial charge in [-0.25, -0.2) is 0 Å². The maximum Gasteiger partial charge on any atom is 0.255 e. The predicted octanol–water partition coefficient (Wildman–Crippen LogP) is 5.05. The average molecular weight is 549 g/mol. The summed E-state index contributed by atoms with van der Waals surface area (Å²) in [7, 11) is 0. The largest absolute Gasteiger partial charge is 0.508 e. The summed E-state index contributed by atoms with van der Waals surface area (Å²) in [4.78, 5) is 29.5. The number of benzene rings is 3. The number of hydrogen-bond acceptors (Lipinski definition) is 5. The summed E-state index contributed by atoms with van der Waals surface area (Å²) in [6, 6.07) is 20.0. The first kappa shape index (κ1) is 25.1. The highest BCUT2D eigenvalue weighted by Crippen LogP contribution is 2.62. The second kappa shape index (κ2) is 9.45. The van der Waals surface area contributed by atoms with E-state index in [1.807, 2.05) is 18.2 Å². The van der Waals surface area contributed by atoms with E-state index in [1.54, 1.807) is 12.1 Å². The Balaban J connectivity index is 1.01. The van der Waals surface area contributed by atoms with Crippen molar-refractivity contribution in [3.05, 3.63) is 82.9 Å². The second-order valence-corrected chi connectivity index (χ2v) is 12.8. The van der Waals surface area contributed by atoms with Gasteiger partial charge in [-0.05, 0) is 97.4 Å². The number of amides is 1. The van der Waals surface area contributed by atoms with Crippen LogP contribution in [-0.2, 0) is 23.1 Å². The molecule has 0 radical (unpaired) electrons. The molecule has 210 valence electrons. The van der Waals surface area contributed by atoms with E-state index in [0.717, 1.165) is 48.4 Å². The van der Waals surface area contributed by atoms with Crippen molar-refractivity contribution in [2.75, 3.05) is 19.6 Å². The highest BCUT2D eigenvalue weighted by atomic mass is 16.5. The SMILES string of the molecule is O=C(NCCc1ccc(-c2ccc(O)cc2)cc1)c1ccc2c3c1OC1C(=O)CC[C@H]4[C@@H](C2)N(CC2CC2)CC[C@]314. The fraction of sp³-hybridized carbons (Fsp3) is 0.429. The highest BCUT2D eigenvalue weighted by Gasteiger charge is 2.66. The van der Waals surface area contributed by atoms with Crippen LogP contribution in [0.2, 0.25) is 0 Å². The van der Waals surface area contributed by atoms with Gasteiger partial charge in [-0.2, -0.15) is 0 Å². The lowest BCUT2D eigenvalue weighted by Crippen LogP contribution is -2.66. The maximum atomic E-state index is 13.5. The summed E-state index contributed by atoms with van der Waals surface area (Å²) in [5, 5.41) is 12.7. The summed E-state index contributed by atoms with van der Waals surface area (Å²) in [5.74, 6) is 2.29. The van der Waals surface area contributed by atoms with E-state index in [4.69, 9.17) is 4.74 Å². The molecule has 41 heavy (non-hydrogen) atoms. The Morgan fingerprint density at radius 2 is 1.76 bits per heavy atom. The number of rotatable bonds is 7. The Kier molecular flexibility index (Phi) is 5.79. The average Bonchev–Trinajstić information content (AvgIpc) is 3.74. The Labute approximate surface area is 240 Å². The normalized spacial score (nSPS) is 27.7. The fourth-order valence-electron chi connectivity index (χ4n) is 8.39. The topological polar surface area (TPSA) is 78.9 Å². The van der Waals surface area contributed by atoms with Gasteiger partial charge in [-0.1, -0.05) is 42.5 Å². The molecule has 2 saturated carbocycles. The predicted molar refractivity (Wildman–Crippen MR) is 156 cm³/mol. The van der Waals surface area contributed by atoms with Crippen molar-refractivity contribution in [1.82, 2.24) is 10.2 Å². The number of phenols is 1. The number of piperidine rings is 1. The molecule has 3 fully saturated rings. The number of Topliss-reactive ketones (excluding diaryl/α,β-unsaturated/α-hetero) is 1. The lowest BCUT2D eigenvalue weighted by molar-refractivity contribution is -0.138. The zero-order valence-corrected chi connectivity index (χ0v) is 23.3. The van der Waals surface area contributed by atoms with E-state index in [-0.39, 0.29) is 22.9 Å². The number of carbonyl (C=O) groups excluding carboxylic acids is 2. The van der Waals surface area contributed by atoms with E-state index < -0.39 is 6.10 Å². The summed E-state index contributed by atoms with van der Waals surface area (Å²) in [5.41, 5.74) is 6.04. The van der Waals surface area contributed by atoms with Gasteiger partial charge in [0.05, 0.1) is 5.56 Å². The summed E-state index contributed by atoms with van der Waals surface area (Å²) < 4.78 is 6.55. The van der Waals surface area contributed by atoms with Gasteiger partial charge >= 0.3 is 0 Å². The van der Waals surface area contributed by atoms with Gasteiger partial charge in [0.2, 0.25) is 0 Å². The summed E-state index contributed by atoms with van der Waals surface area (Å²) in [6.45, 7) is 2.73. The molecule has 3 aromatic carbocycles. The lowest BCUT2D eigenvalue weighted by atomic mass is 9.51. The van der Waals surface area contributed by atoms with Crippen LogP contribution in [0.1, 0.15) is 59.2 Å². The highest BCUT2D eigenvalue weighted by molar-refractivity contribution is 5.99. The fourth-order valence-corrected chi connectivity index (χ4v) is 8.39. The number of ether oxygens (including phenoxy) is 1. The third kappa shape index (κ3) is 4.02. The first-order valence-corrected chi connectivity index (χ1v) is 15.3. The number of nitrogens with zero attached hydrogens (tertiary/aromatic N) is 1. The Morgan fingerprint density at radius 1 is 1.00 bits per heavy atom. The summed E-state index contributed by atoms with van der Waals surface area (Å²) >= 11 is 0. The van der Waals surface area contributed by atoms with Gasteiger partial charge in [0, 0.05) is 36.5 Å². The molecule has 5 aliphatic rings. The van der Waals surface area contributed by atoms with E-state index in [1.165, 1.54) is 30.5 Å². The molecule has 2 bridgehead atoms. The van der Waals surface area contributed by atoms with Gasteiger partial charge in [0.25, 0.3) is 5.91 Å². The van der Waals surface area contributed by atoms with Crippen LogP contribution in [0, 0.1) is 11.8 Å². The molecule has 1 amide bonds. The van der Waals surface area contributed by atoms with Crippen molar-refractivity contribution >= 4 is 11.7 Å². The zero-order valence-electron chi connectivity index (χ0n) is 23.3. The van der Waals surface area contributed by atoms with Crippen LogP contribution in [0.4, 0.5) is 0 Å². The number of hydrogen-bond donors (Lipinski definition) is 2. The van der Waals surface area contributed by atoms with Crippen LogP contribution in [0.25, 0.3) is 11.1 Å². The number of carbonyl (C=O) groups is 2. The van der Waals surface area contributed by atoms with Gasteiger partial charge in [0.1, 0.15) is 11.5 Å². The first-order chi connectivity index (χ1) is 20.0. The Bertz CT molecular complexity index is 1530. The molecule has 8 rings (SSSR count). The van der Waals surface area contributed by atoms with Crippen LogP contribution in [0.5, 0.6) is 11.5 Å². The number of aromatic hydroxyl groups is 1. The molecule has 2 aliphatic heterocycles. The molecule has 3 aliphatic carbocycles. The van der Waals surface area contributed by atoms with E-state index in [9.17, 15) is 14.7 Å². The standard InChI is InChI=1S/C35H36N2O4/c38-26-10-7-24(8-11-26)23-5-3-21(4-6-23)15-17-36-34(40)27-12-9-25-19-29-28-13-14-30(39)33-35(28,31(25)32(27)41-33)16-18-37(29)20-22-1-2-22/h3-12,22,28-29,33,38H,1-2,13-20H2,(H,36,40)/t28-,29+,33?,35-/m0/s1. The minimum atomic E-state index is -0.443. The van der Waals surface area contributed by atoms with Crippen LogP contribution in [0.3, 0.4) is 0 Å².